The third-order valence-corrected chi connectivity index (χ3v) is 1.96. The van der Waals surface area contributed by atoms with Gasteiger partial charge in [-0.3, -0.25) is 0 Å². The largest absolute Gasteiger partial charge is 0.0683 e. The Hall–Kier alpha value is 0. The first-order valence-corrected chi connectivity index (χ1v) is 7.33. The first kappa shape index (κ1) is 20.4. The van der Waals surface area contributed by atoms with Crippen molar-refractivity contribution in [3.05, 3.63) is 0 Å². The van der Waals surface area contributed by atoms with Crippen molar-refractivity contribution in [2.45, 2.75) is 99.3 Å². The zero-order valence-electron chi connectivity index (χ0n) is 12.4. The molecule has 0 rings (SSSR count). The van der Waals surface area contributed by atoms with Crippen LogP contribution in [0.15, 0.2) is 0 Å². The third kappa shape index (κ3) is 41.1. The van der Waals surface area contributed by atoms with E-state index in [0.717, 1.165) is 0 Å². The van der Waals surface area contributed by atoms with Crippen LogP contribution in [0.2, 0.25) is 0 Å². The zero-order valence-corrected chi connectivity index (χ0v) is 12.4. The summed E-state index contributed by atoms with van der Waals surface area (Å²) in [4.78, 5) is 0. The van der Waals surface area contributed by atoms with Crippen LogP contribution < -0.4 is 0 Å². The second-order valence-electron chi connectivity index (χ2n) is 3.83. The van der Waals surface area contributed by atoms with E-state index < -0.39 is 0 Å². The highest BCUT2D eigenvalue weighted by Gasteiger charge is 1.87. The van der Waals surface area contributed by atoms with E-state index in [4.69, 9.17) is 0 Å². The fourth-order valence-electron chi connectivity index (χ4n) is 1.21. The van der Waals surface area contributed by atoms with Crippen LogP contribution in [0.3, 0.4) is 0 Å². The summed E-state index contributed by atoms with van der Waals surface area (Å²) in [7, 11) is 0. The van der Waals surface area contributed by atoms with Gasteiger partial charge in [0.2, 0.25) is 0 Å². The van der Waals surface area contributed by atoms with Gasteiger partial charge < -0.3 is 0 Å². The molecule has 15 heavy (non-hydrogen) atoms. The third-order valence-electron chi connectivity index (χ3n) is 1.96. The molecule has 0 aliphatic carbocycles. The maximum atomic E-state index is 2.27. The zero-order chi connectivity index (χ0) is 12.4. The van der Waals surface area contributed by atoms with Gasteiger partial charge in [0.25, 0.3) is 0 Å². The summed E-state index contributed by atoms with van der Waals surface area (Å²) >= 11 is 0. The first-order chi connectivity index (χ1) is 7.33. The van der Waals surface area contributed by atoms with Gasteiger partial charge in [-0.15, -0.1) is 0 Å². The Morgan fingerprint density at radius 1 is 0.467 bits per heavy atom. The van der Waals surface area contributed by atoms with Gasteiger partial charge in [0.05, 0.1) is 0 Å². The van der Waals surface area contributed by atoms with Gasteiger partial charge in [-0.2, -0.15) is 0 Å². The Bertz CT molecular complexity index is 49.1. The molecule has 0 nitrogen and oxygen atoms in total. The van der Waals surface area contributed by atoms with Gasteiger partial charge >= 0.3 is 0 Å². The maximum absolute atomic E-state index is 2.27. The number of rotatable bonds is 7. The Morgan fingerprint density at radius 2 is 0.667 bits per heavy atom. The van der Waals surface area contributed by atoms with Crippen molar-refractivity contribution in [2.75, 3.05) is 0 Å². The lowest BCUT2D eigenvalue weighted by atomic mass is 10.1. The van der Waals surface area contributed by atoms with Crippen molar-refractivity contribution in [3.63, 3.8) is 0 Å². The highest BCUT2D eigenvalue weighted by Crippen LogP contribution is 2.07. The Labute approximate surface area is 99.9 Å². The lowest BCUT2D eigenvalue weighted by molar-refractivity contribution is 0.585. The van der Waals surface area contributed by atoms with Crippen molar-refractivity contribution >= 4 is 0 Å². The molecule has 0 aromatic rings. The predicted molar refractivity (Wildman–Crippen MR) is 75.6 cm³/mol. The topological polar surface area (TPSA) is 0 Å². The second kappa shape index (κ2) is 29.2. The molecule has 0 heteroatoms. The van der Waals surface area contributed by atoms with Crippen molar-refractivity contribution in [1.29, 1.82) is 0 Å². The van der Waals surface area contributed by atoms with E-state index in [1.165, 1.54) is 57.8 Å². The van der Waals surface area contributed by atoms with Gasteiger partial charge in [0, 0.05) is 0 Å². The van der Waals surface area contributed by atoms with Gasteiger partial charge in [-0.25, -0.2) is 0 Å². The molecule has 0 aromatic carbocycles. The Kier molecular flexibility index (Phi) is 39.8. The maximum Gasteiger partial charge on any atom is -0.0533 e. The minimum absolute atomic E-state index is 1.25. The van der Waals surface area contributed by atoms with E-state index in [1.807, 2.05) is 13.8 Å². The summed E-state index contributed by atoms with van der Waals surface area (Å²) in [5, 5.41) is 0. The summed E-state index contributed by atoms with van der Waals surface area (Å²) in [6.07, 6.45) is 12.7. The molecule has 0 aliphatic rings. The molecule has 0 fully saturated rings. The molecule has 0 aliphatic heterocycles. The first-order valence-electron chi connectivity index (χ1n) is 7.33. The van der Waals surface area contributed by atoms with Crippen LogP contribution in [0.25, 0.3) is 0 Å². The van der Waals surface area contributed by atoms with Crippen molar-refractivity contribution < 1.29 is 0 Å². The molecular formula is C15H36. The molecule has 0 unspecified atom stereocenters. The van der Waals surface area contributed by atoms with Crippen LogP contribution in [-0.2, 0) is 0 Å². The van der Waals surface area contributed by atoms with Gasteiger partial charge in [0.1, 0.15) is 0 Å². The van der Waals surface area contributed by atoms with Crippen LogP contribution in [0.5, 0.6) is 0 Å². The minimum Gasteiger partial charge on any atom is -0.0683 e. The average Bonchev–Trinajstić information content (AvgIpc) is 2.27. The molecule has 0 saturated heterocycles. The minimum atomic E-state index is 1.25. The smallest absolute Gasteiger partial charge is 0.0533 e. The summed E-state index contributed by atoms with van der Waals surface area (Å²) < 4.78 is 0. The lowest BCUT2D eigenvalue weighted by Gasteiger charge is -1.97. The van der Waals surface area contributed by atoms with E-state index in [2.05, 4.69) is 27.7 Å². The van der Waals surface area contributed by atoms with Crippen molar-refractivity contribution in [2.24, 2.45) is 0 Å². The molecule has 0 aromatic heterocycles. The highest BCUT2D eigenvalue weighted by molar-refractivity contribution is 4.43. The van der Waals surface area contributed by atoms with Gasteiger partial charge in [0.15, 0.2) is 0 Å². The SMILES string of the molecule is CC.CCC.CCCCCCCCCC. The highest BCUT2D eigenvalue weighted by atomic mass is 13.9. The van der Waals surface area contributed by atoms with E-state index >= 15 is 0 Å². The molecule has 0 saturated carbocycles. The lowest BCUT2D eigenvalue weighted by Crippen LogP contribution is -1.77. The molecule has 96 valence electrons. The number of unbranched alkanes of at least 4 members (excludes halogenated alkanes) is 7. The fourth-order valence-corrected chi connectivity index (χ4v) is 1.21. The fraction of sp³-hybridized carbons (Fsp3) is 1.00. The van der Waals surface area contributed by atoms with Crippen LogP contribution in [0.1, 0.15) is 99.3 Å². The molecular weight excluding hydrogens is 180 g/mol. The van der Waals surface area contributed by atoms with E-state index in [9.17, 15) is 0 Å². The molecule has 0 N–H and O–H groups in total. The molecule has 0 bridgehead atoms. The summed E-state index contributed by atoms with van der Waals surface area (Å²) in [6, 6.07) is 0. The monoisotopic (exact) mass is 216 g/mol. The summed E-state index contributed by atoms with van der Waals surface area (Å²) in [5.74, 6) is 0. The van der Waals surface area contributed by atoms with E-state index in [-0.39, 0.29) is 0 Å². The van der Waals surface area contributed by atoms with Crippen LogP contribution in [-0.4, -0.2) is 0 Å². The summed E-state index contributed by atoms with van der Waals surface area (Å²) in [6.45, 7) is 12.8. The van der Waals surface area contributed by atoms with Crippen LogP contribution >= 0.6 is 0 Å². The molecule has 0 amide bonds. The van der Waals surface area contributed by atoms with E-state index in [1.54, 1.807) is 0 Å². The predicted octanol–water partition coefficient (Wildman–Crippen LogP) is 6.59. The molecule has 0 spiro atoms. The average molecular weight is 216 g/mol. The molecule has 0 radical (unpaired) electrons. The Morgan fingerprint density at radius 3 is 0.867 bits per heavy atom. The normalized spacial score (nSPS) is 8.40. The number of hydrogen-bond donors (Lipinski definition) is 0. The standard InChI is InChI=1S/C10H22.C3H8.C2H6/c1-3-5-7-9-10-8-6-4-2;1-3-2;1-2/h3-10H2,1-2H3;3H2,1-2H3;1-2H3. The quantitative estimate of drug-likeness (QED) is 0.421. The van der Waals surface area contributed by atoms with E-state index in [0.29, 0.717) is 0 Å². The Balaban J connectivity index is -0.000000245. The van der Waals surface area contributed by atoms with Crippen molar-refractivity contribution in [1.82, 2.24) is 0 Å². The van der Waals surface area contributed by atoms with Crippen LogP contribution in [0, 0.1) is 0 Å². The summed E-state index contributed by atoms with van der Waals surface area (Å²) in [5.41, 5.74) is 0. The second-order valence-corrected chi connectivity index (χ2v) is 3.83. The van der Waals surface area contributed by atoms with Crippen molar-refractivity contribution in [3.8, 4) is 0 Å². The van der Waals surface area contributed by atoms with Crippen LogP contribution in [0.4, 0.5) is 0 Å². The van der Waals surface area contributed by atoms with Gasteiger partial charge in [-0.05, 0) is 0 Å². The molecule has 0 atom stereocenters. The molecule has 0 heterocycles. The number of hydrogen-bond acceptors (Lipinski definition) is 0. The van der Waals surface area contributed by atoms with Gasteiger partial charge in [-0.1, -0.05) is 99.3 Å².